The number of hydrogen-bond acceptors (Lipinski definition) is 2. The van der Waals surface area contributed by atoms with Crippen LogP contribution in [0.25, 0.3) is 0 Å². The van der Waals surface area contributed by atoms with Gasteiger partial charge in [-0.15, -0.1) is 0 Å². The molecule has 1 aliphatic rings. The summed E-state index contributed by atoms with van der Waals surface area (Å²) in [6.45, 7) is 0. The molecule has 62 valence electrons. The van der Waals surface area contributed by atoms with Crippen molar-refractivity contribution < 1.29 is 4.79 Å². The van der Waals surface area contributed by atoms with Gasteiger partial charge >= 0.3 is 0 Å². The molecule has 2 heteroatoms. The molecule has 1 aliphatic carbocycles. The molecule has 1 aromatic heterocycles. The summed E-state index contributed by atoms with van der Waals surface area (Å²) < 4.78 is 0. The number of pyridine rings is 1. The van der Waals surface area contributed by atoms with Gasteiger partial charge in [-0.05, 0) is 30.9 Å². The molecule has 0 saturated heterocycles. The summed E-state index contributed by atoms with van der Waals surface area (Å²) in [5.74, 6) is 0.906. The third-order valence-corrected chi connectivity index (χ3v) is 2.15. The van der Waals surface area contributed by atoms with Gasteiger partial charge in [-0.3, -0.25) is 9.78 Å². The maximum absolute atomic E-state index is 11.5. The van der Waals surface area contributed by atoms with Gasteiger partial charge in [-0.25, -0.2) is 0 Å². The van der Waals surface area contributed by atoms with Crippen LogP contribution in [-0.4, -0.2) is 10.8 Å². The number of carbonyl (C=O) groups excluding carboxylic acids is 1. The van der Waals surface area contributed by atoms with Crippen LogP contribution in [0.5, 0.6) is 0 Å². The Hall–Kier alpha value is -1.18. The van der Waals surface area contributed by atoms with E-state index >= 15 is 0 Å². The Morgan fingerprint density at radius 3 is 3.00 bits per heavy atom. The van der Waals surface area contributed by atoms with Crippen LogP contribution in [0.2, 0.25) is 0 Å². The van der Waals surface area contributed by atoms with Crippen LogP contribution in [-0.2, 0) is 0 Å². The Kier molecular flexibility index (Phi) is 1.90. The molecule has 0 bridgehead atoms. The van der Waals surface area contributed by atoms with Gasteiger partial charge in [0.25, 0.3) is 0 Å². The lowest BCUT2D eigenvalue weighted by molar-refractivity contribution is 0.0976. The minimum atomic E-state index is 0.241. The summed E-state index contributed by atoms with van der Waals surface area (Å²) in [5.41, 5.74) is 0.754. The standard InChI is InChI=1S/C10H11NO/c12-10(6-8-3-4-8)9-2-1-5-11-7-9/h1-2,5,7-8H,3-4,6H2. The van der Waals surface area contributed by atoms with Crippen LogP contribution in [0, 0.1) is 5.92 Å². The van der Waals surface area contributed by atoms with Crippen LogP contribution in [0.3, 0.4) is 0 Å². The number of ketones is 1. The average Bonchev–Trinajstić information content (AvgIpc) is 2.90. The fourth-order valence-corrected chi connectivity index (χ4v) is 1.23. The van der Waals surface area contributed by atoms with Crippen molar-refractivity contribution >= 4 is 5.78 Å². The first-order chi connectivity index (χ1) is 5.86. The second-order valence-corrected chi connectivity index (χ2v) is 3.31. The van der Waals surface area contributed by atoms with E-state index in [1.54, 1.807) is 18.5 Å². The van der Waals surface area contributed by atoms with Crippen molar-refractivity contribution in [1.29, 1.82) is 0 Å². The summed E-state index contributed by atoms with van der Waals surface area (Å²) >= 11 is 0. The van der Waals surface area contributed by atoms with E-state index in [-0.39, 0.29) is 5.78 Å². The van der Waals surface area contributed by atoms with Gasteiger partial charge in [0.1, 0.15) is 0 Å². The molecule has 1 heterocycles. The number of rotatable bonds is 3. The lowest BCUT2D eigenvalue weighted by Crippen LogP contribution is -1.99. The van der Waals surface area contributed by atoms with Gasteiger partial charge in [-0.2, -0.15) is 0 Å². The van der Waals surface area contributed by atoms with Gasteiger partial charge in [-0.1, -0.05) is 0 Å². The highest BCUT2D eigenvalue weighted by Crippen LogP contribution is 2.33. The molecule has 1 aromatic rings. The molecule has 2 nitrogen and oxygen atoms in total. The molecule has 0 radical (unpaired) electrons. The van der Waals surface area contributed by atoms with Crippen molar-refractivity contribution in [3.63, 3.8) is 0 Å². The van der Waals surface area contributed by atoms with Crippen molar-refractivity contribution in [3.8, 4) is 0 Å². The van der Waals surface area contributed by atoms with Crippen molar-refractivity contribution in [2.45, 2.75) is 19.3 Å². The summed E-state index contributed by atoms with van der Waals surface area (Å²) in [7, 11) is 0. The Morgan fingerprint density at radius 2 is 2.42 bits per heavy atom. The van der Waals surface area contributed by atoms with Crippen LogP contribution in [0.15, 0.2) is 24.5 Å². The molecule has 0 amide bonds. The number of nitrogens with zero attached hydrogens (tertiary/aromatic N) is 1. The van der Waals surface area contributed by atoms with Crippen molar-refractivity contribution in [2.75, 3.05) is 0 Å². The summed E-state index contributed by atoms with van der Waals surface area (Å²) in [6.07, 6.45) is 6.50. The number of carbonyl (C=O) groups is 1. The molecule has 1 saturated carbocycles. The maximum Gasteiger partial charge on any atom is 0.164 e. The van der Waals surface area contributed by atoms with E-state index in [2.05, 4.69) is 4.98 Å². The van der Waals surface area contributed by atoms with Crippen molar-refractivity contribution in [3.05, 3.63) is 30.1 Å². The Morgan fingerprint density at radius 1 is 1.58 bits per heavy atom. The zero-order valence-electron chi connectivity index (χ0n) is 6.86. The highest BCUT2D eigenvalue weighted by atomic mass is 16.1. The first-order valence-corrected chi connectivity index (χ1v) is 4.29. The minimum absolute atomic E-state index is 0.241. The first-order valence-electron chi connectivity index (χ1n) is 4.29. The second kappa shape index (κ2) is 3.05. The fraction of sp³-hybridized carbons (Fsp3) is 0.400. The summed E-state index contributed by atoms with van der Waals surface area (Å²) in [4.78, 5) is 15.4. The van der Waals surface area contributed by atoms with E-state index < -0.39 is 0 Å². The lowest BCUT2D eigenvalue weighted by atomic mass is 10.1. The van der Waals surface area contributed by atoms with E-state index in [1.165, 1.54) is 12.8 Å². The average molecular weight is 161 g/mol. The van der Waals surface area contributed by atoms with Crippen LogP contribution < -0.4 is 0 Å². The molecule has 0 aliphatic heterocycles. The van der Waals surface area contributed by atoms with E-state index in [1.807, 2.05) is 6.07 Å². The number of hydrogen-bond donors (Lipinski definition) is 0. The molecule has 0 aromatic carbocycles. The van der Waals surface area contributed by atoms with Gasteiger partial charge in [0.05, 0.1) is 0 Å². The van der Waals surface area contributed by atoms with Gasteiger partial charge in [0, 0.05) is 24.4 Å². The minimum Gasteiger partial charge on any atom is -0.294 e. The molecule has 2 rings (SSSR count). The lowest BCUT2D eigenvalue weighted by Gasteiger charge is -1.96. The van der Waals surface area contributed by atoms with E-state index in [0.29, 0.717) is 12.3 Å². The number of aromatic nitrogens is 1. The fourth-order valence-electron chi connectivity index (χ4n) is 1.23. The largest absolute Gasteiger partial charge is 0.294 e. The SMILES string of the molecule is O=C(CC1CC1)c1cccnc1. The molecule has 0 N–H and O–H groups in total. The molecule has 0 unspecified atom stereocenters. The molecular weight excluding hydrogens is 150 g/mol. The summed E-state index contributed by atoms with van der Waals surface area (Å²) in [6, 6.07) is 3.64. The number of Topliss-reactive ketones (excluding diaryl/α,β-unsaturated/α-hetero) is 1. The maximum atomic E-state index is 11.5. The monoisotopic (exact) mass is 161 g/mol. The van der Waals surface area contributed by atoms with Crippen LogP contribution in [0.4, 0.5) is 0 Å². The van der Waals surface area contributed by atoms with E-state index in [4.69, 9.17) is 0 Å². The smallest absolute Gasteiger partial charge is 0.164 e. The molecule has 0 spiro atoms. The molecule has 12 heavy (non-hydrogen) atoms. The molecule has 1 fully saturated rings. The normalized spacial score (nSPS) is 16.0. The van der Waals surface area contributed by atoms with E-state index in [0.717, 1.165) is 5.56 Å². The van der Waals surface area contributed by atoms with Gasteiger partial charge in [0.15, 0.2) is 5.78 Å². The Labute approximate surface area is 71.6 Å². The molecular formula is C10H11NO. The van der Waals surface area contributed by atoms with Gasteiger partial charge < -0.3 is 0 Å². The quantitative estimate of drug-likeness (QED) is 0.635. The van der Waals surface area contributed by atoms with Crippen LogP contribution >= 0.6 is 0 Å². The third kappa shape index (κ3) is 1.70. The molecule has 0 atom stereocenters. The van der Waals surface area contributed by atoms with Crippen molar-refractivity contribution in [2.24, 2.45) is 5.92 Å². The Bertz CT molecular complexity index is 277. The summed E-state index contributed by atoms with van der Waals surface area (Å²) in [5, 5.41) is 0. The predicted molar refractivity (Wildman–Crippen MR) is 45.9 cm³/mol. The van der Waals surface area contributed by atoms with E-state index in [9.17, 15) is 4.79 Å². The highest BCUT2D eigenvalue weighted by molar-refractivity contribution is 5.95. The zero-order chi connectivity index (χ0) is 8.39. The highest BCUT2D eigenvalue weighted by Gasteiger charge is 2.24. The van der Waals surface area contributed by atoms with Crippen molar-refractivity contribution in [1.82, 2.24) is 4.98 Å². The topological polar surface area (TPSA) is 30.0 Å². The predicted octanol–water partition coefficient (Wildman–Crippen LogP) is 2.06. The second-order valence-electron chi connectivity index (χ2n) is 3.31. The third-order valence-electron chi connectivity index (χ3n) is 2.15. The van der Waals surface area contributed by atoms with Gasteiger partial charge in [0.2, 0.25) is 0 Å². The zero-order valence-corrected chi connectivity index (χ0v) is 6.86. The van der Waals surface area contributed by atoms with Crippen LogP contribution in [0.1, 0.15) is 29.6 Å². The Balaban J connectivity index is 2.03. The first kappa shape index (κ1) is 7.47.